The number of amides is 2. The summed E-state index contributed by atoms with van der Waals surface area (Å²) in [6.45, 7) is 2.89. The van der Waals surface area contributed by atoms with Crippen LogP contribution >= 0.6 is 0 Å². The zero-order chi connectivity index (χ0) is 24.5. The van der Waals surface area contributed by atoms with Gasteiger partial charge in [0.25, 0.3) is 5.91 Å². The van der Waals surface area contributed by atoms with E-state index in [0.29, 0.717) is 36.9 Å². The third-order valence-electron chi connectivity index (χ3n) is 5.98. The van der Waals surface area contributed by atoms with E-state index in [1.54, 1.807) is 18.9 Å². The second-order valence-corrected chi connectivity index (χ2v) is 8.18. The number of nitrogens with one attached hydrogen (secondary N) is 1. The first-order valence-electron chi connectivity index (χ1n) is 11.1. The van der Waals surface area contributed by atoms with Crippen molar-refractivity contribution in [1.29, 1.82) is 0 Å². The Kier molecular flexibility index (Phi) is 5.73. The molecule has 11 nitrogen and oxygen atoms in total. The Bertz CT molecular complexity index is 1410. The molecule has 0 fully saturated rings. The number of aromatic nitrogens is 5. The van der Waals surface area contributed by atoms with Crippen molar-refractivity contribution in [2.45, 2.75) is 19.9 Å². The molecule has 0 radical (unpaired) electrons. The molecule has 0 spiro atoms. The number of benzene rings is 1. The second-order valence-electron chi connectivity index (χ2n) is 8.18. The number of pyridine rings is 1. The van der Waals surface area contributed by atoms with E-state index in [0.717, 1.165) is 33.5 Å². The first kappa shape index (κ1) is 22.3. The van der Waals surface area contributed by atoms with Crippen LogP contribution in [0, 0.1) is 6.92 Å². The summed E-state index contributed by atoms with van der Waals surface area (Å²) in [6, 6.07) is 11.5. The SMILES string of the molecule is COc1ccc(-c2c3c(n4ccc(-c5nnc(C)nn5)cc24)C(=O)N(CCCNC(=O)O)C3)cc1. The number of methoxy groups -OCH3 is 1. The van der Waals surface area contributed by atoms with Crippen molar-refractivity contribution in [2.24, 2.45) is 0 Å². The molecule has 35 heavy (non-hydrogen) atoms. The van der Waals surface area contributed by atoms with Crippen molar-refractivity contribution in [1.82, 2.24) is 35.0 Å². The van der Waals surface area contributed by atoms with Gasteiger partial charge in [0.1, 0.15) is 11.4 Å². The fraction of sp³-hybridized carbons (Fsp3) is 0.250. The molecule has 178 valence electrons. The van der Waals surface area contributed by atoms with Crippen LogP contribution < -0.4 is 10.1 Å². The highest BCUT2D eigenvalue weighted by atomic mass is 16.5. The fourth-order valence-corrected chi connectivity index (χ4v) is 4.36. The number of nitrogens with zero attached hydrogens (tertiary/aromatic N) is 6. The smallest absolute Gasteiger partial charge is 0.404 e. The van der Waals surface area contributed by atoms with Crippen LogP contribution in [0.25, 0.3) is 28.0 Å². The number of aryl methyl sites for hydroxylation is 1. The maximum atomic E-state index is 13.4. The maximum absolute atomic E-state index is 13.4. The molecule has 1 aromatic carbocycles. The molecule has 0 aliphatic carbocycles. The average molecular weight is 473 g/mol. The van der Waals surface area contributed by atoms with Crippen molar-refractivity contribution >= 4 is 17.5 Å². The van der Waals surface area contributed by atoms with Crippen LogP contribution in [0.3, 0.4) is 0 Å². The van der Waals surface area contributed by atoms with Gasteiger partial charge in [-0.3, -0.25) is 4.79 Å². The largest absolute Gasteiger partial charge is 0.497 e. The summed E-state index contributed by atoms with van der Waals surface area (Å²) in [6.07, 6.45) is 1.29. The summed E-state index contributed by atoms with van der Waals surface area (Å²) in [5.41, 5.74) is 5.01. The standard InChI is InChI=1S/C24H23N7O4/c1-14-26-28-22(29-27-14)16-8-11-31-19(12-16)20(15-4-6-17(35-2)7-5-15)18-13-30(23(32)21(18)31)10-3-9-25-24(33)34/h4-8,11-12,25H,3,9-10,13H2,1-2H3,(H,33,34). The molecule has 2 N–H and O–H groups in total. The van der Waals surface area contributed by atoms with E-state index in [1.165, 1.54) is 0 Å². The molecule has 1 aliphatic heterocycles. The summed E-state index contributed by atoms with van der Waals surface area (Å²) < 4.78 is 7.21. The minimum Gasteiger partial charge on any atom is -0.497 e. The van der Waals surface area contributed by atoms with Crippen LogP contribution in [-0.2, 0) is 6.54 Å². The van der Waals surface area contributed by atoms with Gasteiger partial charge >= 0.3 is 6.09 Å². The number of rotatable bonds is 7. The van der Waals surface area contributed by atoms with Crippen LogP contribution in [-0.4, -0.2) is 67.0 Å². The summed E-state index contributed by atoms with van der Waals surface area (Å²) in [5.74, 6) is 1.54. The monoisotopic (exact) mass is 473 g/mol. The fourth-order valence-electron chi connectivity index (χ4n) is 4.36. The summed E-state index contributed by atoms with van der Waals surface area (Å²) in [5, 5.41) is 27.4. The predicted octanol–water partition coefficient (Wildman–Crippen LogP) is 2.78. The molecule has 1 aliphatic rings. The first-order valence-corrected chi connectivity index (χ1v) is 11.1. The molecule has 0 unspecified atom stereocenters. The van der Waals surface area contributed by atoms with E-state index < -0.39 is 6.09 Å². The topological polar surface area (TPSA) is 135 Å². The Morgan fingerprint density at radius 3 is 2.54 bits per heavy atom. The normalized spacial score (nSPS) is 12.7. The van der Waals surface area contributed by atoms with Gasteiger partial charge in [-0.1, -0.05) is 12.1 Å². The Hall–Kier alpha value is -4.54. The van der Waals surface area contributed by atoms with E-state index >= 15 is 0 Å². The maximum Gasteiger partial charge on any atom is 0.404 e. The van der Waals surface area contributed by atoms with Crippen LogP contribution in [0.5, 0.6) is 5.75 Å². The molecule has 5 rings (SSSR count). The van der Waals surface area contributed by atoms with Crippen LogP contribution in [0.1, 0.15) is 28.3 Å². The first-order chi connectivity index (χ1) is 17.0. The Balaban J connectivity index is 1.58. The number of carbonyl (C=O) groups excluding carboxylic acids is 1. The Morgan fingerprint density at radius 1 is 1.11 bits per heavy atom. The Morgan fingerprint density at radius 2 is 1.86 bits per heavy atom. The van der Waals surface area contributed by atoms with Gasteiger partial charge in [-0.05, 0) is 43.2 Å². The molecule has 11 heteroatoms. The van der Waals surface area contributed by atoms with Gasteiger partial charge in [-0.15, -0.1) is 20.4 Å². The van der Waals surface area contributed by atoms with E-state index in [-0.39, 0.29) is 12.5 Å². The summed E-state index contributed by atoms with van der Waals surface area (Å²) in [7, 11) is 1.62. The van der Waals surface area contributed by atoms with E-state index in [4.69, 9.17) is 9.84 Å². The molecule has 0 saturated heterocycles. The van der Waals surface area contributed by atoms with Crippen LogP contribution in [0.2, 0.25) is 0 Å². The van der Waals surface area contributed by atoms with Crippen LogP contribution in [0.15, 0.2) is 42.6 Å². The number of hydrogen-bond donors (Lipinski definition) is 2. The van der Waals surface area contributed by atoms with Gasteiger partial charge in [-0.2, -0.15) is 0 Å². The lowest BCUT2D eigenvalue weighted by atomic mass is 10.0. The van der Waals surface area contributed by atoms with Gasteiger partial charge in [0.05, 0.1) is 12.6 Å². The number of hydrogen-bond acceptors (Lipinski definition) is 7. The molecule has 0 saturated carbocycles. The molecule has 0 bridgehead atoms. The number of ether oxygens (including phenoxy) is 1. The summed E-state index contributed by atoms with van der Waals surface area (Å²) >= 11 is 0. The zero-order valence-corrected chi connectivity index (χ0v) is 19.2. The Labute approximate surface area is 200 Å². The highest BCUT2D eigenvalue weighted by Crippen LogP contribution is 2.40. The minimum absolute atomic E-state index is 0.0900. The van der Waals surface area contributed by atoms with E-state index in [9.17, 15) is 9.59 Å². The van der Waals surface area contributed by atoms with Crippen molar-refractivity contribution in [2.75, 3.05) is 20.2 Å². The highest BCUT2D eigenvalue weighted by molar-refractivity contribution is 6.04. The molecule has 0 atom stereocenters. The minimum atomic E-state index is -1.07. The lowest BCUT2D eigenvalue weighted by Gasteiger charge is -2.17. The van der Waals surface area contributed by atoms with Gasteiger partial charge in [0.2, 0.25) is 5.82 Å². The highest BCUT2D eigenvalue weighted by Gasteiger charge is 2.34. The summed E-state index contributed by atoms with van der Waals surface area (Å²) in [4.78, 5) is 25.8. The van der Waals surface area contributed by atoms with E-state index in [1.807, 2.05) is 47.0 Å². The van der Waals surface area contributed by atoms with Gasteiger partial charge in [-0.25, -0.2) is 4.79 Å². The lowest BCUT2D eigenvalue weighted by molar-refractivity contribution is 0.0771. The zero-order valence-electron chi connectivity index (χ0n) is 19.2. The molecule has 2 amide bonds. The predicted molar refractivity (Wildman–Crippen MR) is 126 cm³/mol. The molecule has 4 heterocycles. The van der Waals surface area contributed by atoms with Crippen molar-refractivity contribution in [3.8, 4) is 28.3 Å². The van der Waals surface area contributed by atoms with Crippen molar-refractivity contribution in [3.63, 3.8) is 0 Å². The van der Waals surface area contributed by atoms with Gasteiger partial charge in [0, 0.05) is 42.5 Å². The van der Waals surface area contributed by atoms with Crippen LogP contribution in [0.4, 0.5) is 4.79 Å². The van der Waals surface area contributed by atoms with Crippen molar-refractivity contribution < 1.29 is 19.4 Å². The number of carboxylic acid groups (broad SMARTS) is 1. The van der Waals surface area contributed by atoms with E-state index in [2.05, 4.69) is 25.7 Å². The quantitative estimate of drug-likeness (QED) is 0.391. The number of carbonyl (C=O) groups is 2. The van der Waals surface area contributed by atoms with Crippen molar-refractivity contribution in [3.05, 3.63) is 59.7 Å². The molecule has 3 aromatic heterocycles. The number of fused-ring (bicyclic) bond motifs is 3. The average Bonchev–Trinajstić information content (AvgIpc) is 3.35. The van der Waals surface area contributed by atoms with Gasteiger partial charge in [0.15, 0.2) is 5.82 Å². The second kappa shape index (κ2) is 9.01. The molecular weight excluding hydrogens is 450 g/mol. The lowest BCUT2D eigenvalue weighted by Crippen LogP contribution is -2.30. The van der Waals surface area contributed by atoms with Gasteiger partial charge < -0.3 is 24.5 Å². The third-order valence-corrected chi connectivity index (χ3v) is 5.98. The molecular formula is C24H23N7O4. The molecule has 4 aromatic rings. The third kappa shape index (κ3) is 4.12.